The molecular weight excluding hydrogens is 182 g/mol. The highest BCUT2D eigenvalue weighted by Gasteiger charge is 2.27. The van der Waals surface area contributed by atoms with Gasteiger partial charge in [0, 0.05) is 7.05 Å². The van der Waals surface area contributed by atoms with Crippen molar-refractivity contribution < 1.29 is 4.74 Å². The van der Waals surface area contributed by atoms with E-state index in [0.717, 1.165) is 0 Å². The molecule has 1 aliphatic heterocycles. The van der Waals surface area contributed by atoms with Gasteiger partial charge in [0.05, 0.1) is 6.04 Å². The maximum absolute atomic E-state index is 5.29. The summed E-state index contributed by atoms with van der Waals surface area (Å²) in [5.41, 5.74) is 1.25. The Bertz CT molecular complexity index is 312. The van der Waals surface area contributed by atoms with Crippen LogP contribution < -0.4 is 0 Å². The van der Waals surface area contributed by atoms with Crippen LogP contribution in [0, 0.1) is 0 Å². The van der Waals surface area contributed by atoms with Gasteiger partial charge in [-0.2, -0.15) is 0 Å². The van der Waals surface area contributed by atoms with E-state index in [2.05, 4.69) is 12.1 Å². The molecule has 0 aliphatic carbocycles. The fraction of sp³-hybridized carbons (Fsp3) is 0.300. The highest BCUT2D eigenvalue weighted by Crippen LogP contribution is 2.25. The van der Waals surface area contributed by atoms with Crippen LogP contribution in [-0.4, -0.2) is 23.7 Å². The fourth-order valence-electron chi connectivity index (χ4n) is 1.49. The zero-order valence-electron chi connectivity index (χ0n) is 7.43. The van der Waals surface area contributed by atoms with Gasteiger partial charge < -0.3 is 9.64 Å². The summed E-state index contributed by atoms with van der Waals surface area (Å²) < 4.78 is 5.29. The maximum atomic E-state index is 5.29. The van der Waals surface area contributed by atoms with Crippen molar-refractivity contribution in [1.29, 1.82) is 0 Å². The van der Waals surface area contributed by atoms with Crippen molar-refractivity contribution in [1.82, 2.24) is 4.90 Å². The van der Waals surface area contributed by atoms with Gasteiger partial charge in [0.15, 0.2) is 0 Å². The van der Waals surface area contributed by atoms with Crippen LogP contribution >= 0.6 is 12.2 Å². The van der Waals surface area contributed by atoms with E-state index in [1.807, 2.05) is 30.1 Å². The quantitative estimate of drug-likeness (QED) is 0.633. The second-order valence-electron chi connectivity index (χ2n) is 3.11. The van der Waals surface area contributed by atoms with Crippen LogP contribution in [0.25, 0.3) is 0 Å². The molecule has 0 radical (unpaired) electrons. The van der Waals surface area contributed by atoms with Crippen LogP contribution in [0.15, 0.2) is 30.3 Å². The Kier molecular flexibility index (Phi) is 2.19. The maximum Gasteiger partial charge on any atom is 0.259 e. The van der Waals surface area contributed by atoms with Crippen LogP contribution in [0.3, 0.4) is 0 Å². The van der Waals surface area contributed by atoms with Crippen molar-refractivity contribution in [3.8, 4) is 0 Å². The predicted molar refractivity (Wildman–Crippen MR) is 55.5 cm³/mol. The molecule has 68 valence electrons. The molecule has 0 spiro atoms. The van der Waals surface area contributed by atoms with Gasteiger partial charge in [0.25, 0.3) is 5.17 Å². The van der Waals surface area contributed by atoms with Crippen molar-refractivity contribution in [3.63, 3.8) is 0 Å². The number of hydrogen-bond donors (Lipinski definition) is 0. The van der Waals surface area contributed by atoms with Gasteiger partial charge in [-0.1, -0.05) is 30.3 Å². The van der Waals surface area contributed by atoms with E-state index in [1.54, 1.807) is 0 Å². The second kappa shape index (κ2) is 3.34. The lowest BCUT2D eigenvalue weighted by atomic mass is 10.1. The topological polar surface area (TPSA) is 12.5 Å². The summed E-state index contributed by atoms with van der Waals surface area (Å²) in [7, 11) is 1.97. The monoisotopic (exact) mass is 193 g/mol. The van der Waals surface area contributed by atoms with Crippen LogP contribution in [0.4, 0.5) is 0 Å². The molecule has 2 rings (SSSR count). The molecule has 0 saturated carbocycles. The first kappa shape index (κ1) is 8.51. The normalized spacial score (nSPS) is 21.8. The summed E-state index contributed by atoms with van der Waals surface area (Å²) in [5.74, 6) is 0. The molecule has 1 aromatic carbocycles. The van der Waals surface area contributed by atoms with Crippen LogP contribution in [0.1, 0.15) is 11.6 Å². The first-order chi connectivity index (χ1) is 6.29. The number of nitrogens with zero attached hydrogens (tertiary/aromatic N) is 1. The van der Waals surface area contributed by atoms with Crippen molar-refractivity contribution in [2.24, 2.45) is 0 Å². The molecule has 1 fully saturated rings. The molecule has 0 amide bonds. The largest absolute Gasteiger partial charge is 0.468 e. The Hall–Kier alpha value is -1.09. The summed E-state index contributed by atoms with van der Waals surface area (Å²) in [6, 6.07) is 10.6. The average molecular weight is 193 g/mol. The predicted octanol–water partition coefficient (Wildman–Crippen LogP) is 1.97. The minimum absolute atomic E-state index is 0.286. The highest BCUT2D eigenvalue weighted by atomic mass is 32.1. The first-order valence-corrected chi connectivity index (χ1v) is 4.64. The zero-order chi connectivity index (χ0) is 9.26. The third-order valence-corrected chi connectivity index (χ3v) is 2.71. The third-order valence-electron chi connectivity index (χ3n) is 2.30. The molecule has 1 aromatic rings. The minimum Gasteiger partial charge on any atom is -0.468 e. The van der Waals surface area contributed by atoms with E-state index in [9.17, 15) is 0 Å². The molecule has 0 aromatic heterocycles. The number of thiocarbonyl (C=S) groups is 1. The van der Waals surface area contributed by atoms with E-state index in [1.165, 1.54) is 5.56 Å². The van der Waals surface area contributed by atoms with Crippen LogP contribution in [0.2, 0.25) is 0 Å². The van der Waals surface area contributed by atoms with E-state index < -0.39 is 0 Å². The molecule has 2 nitrogen and oxygen atoms in total. The van der Waals surface area contributed by atoms with E-state index >= 15 is 0 Å². The SMILES string of the molecule is CN1C(=S)OC[C@H]1c1ccccc1. The summed E-state index contributed by atoms with van der Waals surface area (Å²) in [4.78, 5) is 1.99. The Labute approximate surface area is 83.1 Å². The van der Waals surface area contributed by atoms with E-state index in [4.69, 9.17) is 17.0 Å². The standard InChI is InChI=1S/C10H11NOS/c1-11-9(7-12-10(11)13)8-5-3-2-4-6-8/h2-6,9H,7H2,1H3/t9-/m0/s1. The lowest BCUT2D eigenvalue weighted by molar-refractivity contribution is 0.324. The van der Waals surface area contributed by atoms with Crippen molar-refractivity contribution >= 4 is 17.4 Å². The van der Waals surface area contributed by atoms with Crippen molar-refractivity contribution in [2.45, 2.75) is 6.04 Å². The second-order valence-corrected chi connectivity index (χ2v) is 3.46. The van der Waals surface area contributed by atoms with Gasteiger partial charge in [-0.05, 0) is 17.8 Å². The van der Waals surface area contributed by atoms with Gasteiger partial charge in [-0.25, -0.2) is 0 Å². The molecule has 1 atom stereocenters. The van der Waals surface area contributed by atoms with Crippen LogP contribution in [-0.2, 0) is 4.74 Å². The van der Waals surface area contributed by atoms with Crippen molar-refractivity contribution in [3.05, 3.63) is 35.9 Å². The molecule has 1 saturated heterocycles. The molecule has 1 heterocycles. The summed E-state index contributed by atoms with van der Waals surface area (Å²) in [6.07, 6.45) is 0. The van der Waals surface area contributed by atoms with Gasteiger partial charge in [0.2, 0.25) is 0 Å². The Morgan fingerprint density at radius 2 is 2.08 bits per heavy atom. The average Bonchev–Trinajstić information content (AvgIpc) is 2.49. The summed E-state index contributed by atoms with van der Waals surface area (Å²) in [5, 5.41) is 0.592. The van der Waals surface area contributed by atoms with Gasteiger partial charge in [0.1, 0.15) is 6.61 Å². The highest BCUT2D eigenvalue weighted by molar-refractivity contribution is 7.80. The van der Waals surface area contributed by atoms with Gasteiger partial charge in [-0.3, -0.25) is 0 Å². The van der Waals surface area contributed by atoms with E-state index in [-0.39, 0.29) is 6.04 Å². The van der Waals surface area contributed by atoms with Crippen LogP contribution in [0.5, 0.6) is 0 Å². The number of ether oxygens (including phenoxy) is 1. The summed E-state index contributed by atoms with van der Waals surface area (Å²) >= 11 is 5.02. The Morgan fingerprint density at radius 1 is 1.38 bits per heavy atom. The number of rotatable bonds is 1. The molecule has 0 unspecified atom stereocenters. The number of benzene rings is 1. The molecule has 1 aliphatic rings. The lowest BCUT2D eigenvalue weighted by Gasteiger charge is -2.17. The number of hydrogen-bond acceptors (Lipinski definition) is 2. The minimum atomic E-state index is 0.286. The molecular formula is C10H11NOS. The summed E-state index contributed by atoms with van der Waals surface area (Å²) in [6.45, 7) is 0.666. The molecule has 3 heteroatoms. The number of likely N-dealkylation sites (N-methyl/N-ethyl adjacent to an activating group) is 1. The zero-order valence-corrected chi connectivity index (χ0v) is 8.25. The molecule has 0 N–H and O–H groups in total. The smallest absolute Gasteiger partial charge is 0.259 e. The van der Waals surface area contributed by atoms with Gasteiger partial charge >= 0.3 is 0 Å². The fourth-order valence-corrected chi connectivity index (χ4v) is 1.68. The Morgan fingerprint density at radius 3 is 2.62 bits per heavy atom. The molecule has 0 bridgehead atoms. The van der Waals surface area contributed by atoms with Crippen molar-refractivity contribution in [2.75, 3.05) is 13.7 Å². The van der Waals surface area contributed by atoms with Gasteiger partial charge in [-0.15, -0.1) is 0 Å². The third kappa shape index (κ3) is 1.52. The van der Waals surface area contributed by atoms with E-state index in [0.29, 0.717) is 11.8 Å². The first-order valence-electron chi connectivity index (χ1n) is 4.23. The Balaban J connectivity index is 2.24. The lowest BCUT2D eigenvalue weighted by Crippen LogP contribution is -2.22. The molecule has 13 heavy (non-hydrogen) atoms.